The van der Waals surface area contributed by atoms with Crippen LogP contribution in [-0.2, 0) is 5.41 Å². The van der Waals surface area contributed by atoms with E-state index in [-0.39, 0.29) is 38.9 Å². The van der Waals surface area contributed by atoms with Crippen LogP contribution in [0.15, 0.2) is 71.5 Å². The van der Waals surface area contributed by atoms with Gasteiger partial charge in [-0.05, 0) is 65.9 Å². The number of phenols is 2. The zero-order valence-corrected chi connectivity index (χ0v) is 21.1. The number of benzene rings is 3. The van der Waals surface area contributed by atoms with Gasteiger partial charge in [-0.3, -0.25) is 9.36 Å². The van der Waals surface area contributed by atoms with Crippen molar-refractivity contribution in [2.45, 2.75) is 43.5 Å². The first-order chi connectivity index (χ1) is 17.7. The Bertz CT molecular complexity index is 1620. The standard InChI is InChI=1S/C28H24ClF3N2O4/c1-26(2)14-27(38,28(30,31)32)25(18-10-12-19(29)24(37)23(18)26)33-20-4-3-5-21-17(20)11-13-22(36)34(21)15-6-8-16(35)9-7-15/h3-13,25,33,35,37-38H,14H2,1-2H3. The van der Waals surface area contributed by atoms with Crippen molar-refractivity contribution in [3.63, 3.8) is 0 Å². The van der Waals surface area contributed by atoms with E-state index >= 15 is 0 Å². The molecule has 0 amide bonds. The summed E-state index contributed by atoms with van der Waals surface area (Å²) in [4.78, 5) is 12.8. The van der Waals surface area contributed by atoms with Gasteiger partial charge in [0.25, 0.3) is 5.56 Å². The quantitative estimate of drug-likeness (QED) is 0.247. The predicted molar refractivity (Wildman–Crippen MR) is 139 cm³/mol. The highest BCUT2D eigenvalue weighted by molar-refractivity contribution is 6.32. The van der Waals surface area contributed by atoms with Crippen LogP contribution in [0.4, 0.5) is 18.9 Å². The van der Waals surface area contributed by atoms with Crippen LogP contribution in [0.25, 0.3) is 16.6 Å². The van der Waals surface area contributed by atoms with Crippen LogP contribution in [-0.4, -0.2) is 31.7 Å². The van der Waals surface area contributed by atoms with E-state index in [0.717, 1.165) is 0 Å². The Morgan fingerprint density at radius 3 is 2.34 bits per heavy atom. The molecular formula is C28H24ClF3N2O4. The molecule has 198 valence electrons. The second kappa shape index (κ2) is 8.68. The maximum absolute atomic E-state index is 14.5. The average Bonchev–Trinajstić information content (AvgIpc) is 2.83. The van der Waals surface area contributed by atoms with E-state index in [1.54, 1.807) is 30.3 Å². The van der Waals surface area contributed by atoms with Crippen molar-refractivity contribution in [3.05, 3.63) is 93.2 Å². The number of aliphatic hydroxyl groups is 1. The SMILES string of the molecule is CC1(C)CC(O)(C(F)(F)F)C(Nc2cccc3c2ccc(=O)n3-c2ccc(O)cc2)c2ccc(Cl)c(O)c21. The van der Waals surface area contributed by atoms with Crippen molar-refractivity contribution in [3.8, 4) is 17.2 Å². The number of hydrogen-bond acceptors (Lipinski definition) is 5. The highest BCUT2D eigenvalue weighted by Gasteiger charge is 2.64. The van der Waals surface area contributed by atoms with E-state index in [4.69, 9.17) is 11.6 Å². The molecular weight excluding hydrogens is 521 g/mol. The minimum absolute atomic E-state index is 0.00361. The van der Waals surface area contributed by atoms with Crippen LogP contribution in [0.5, 0.6) is 11.5 Å². The van der Waals surface area contributed by atoms with E-state index in [1.165, 1.54) is 54.8 Å². The van der Waals surface area contributed by atoms with Crippen LogP contribution in [0.3, 0.4) is 0 Å². The number of pyridine rings is 1. The van der Waals surface area contributed by atoms with E-state index in [9.17, 15) is 33.3 Å². The molecule has 0 saturated carbocycles. The monoisotopic (exact) mass is 544 g/mol. The minimum Gasteiger partial charge on any atom is -0.508 e. The number of hydrogen-bond donors (Lipinski definition) is 4. The van der Waals surface area contributed by atoms with Gasteiger partial charge < -0.3 is 20.6 Å². The van der Waals surface area contributed by atoms with Crippen LogP contribution < -0.4 is 10.9 Å². The maximum atomic E-state index is 14.5. The number of aromatic nitrogens is 1. The largest absolute Gasteiger partial charge is 0.508 e. The van der Waals surface area contributed by atoms with Gasteiger partial charge in [0.1, 0.15) is 11.5 Å². The van der Waals surface area contributed by atoms with Gasteiger partial charge in [-0.15, -0.1) is 0 Å². The van der Waals surface area contributed by atoms with Crippen molar-refractivity contribution >= 4 is 28.2 Å². The molecule has 0 bridgehead atoms. The molecule has 3 aromatic carbocycles. The molecule has 4 aromatic rings. The summed E-state index contributed by atoms with van der Waals surface area (Å²) in [6.07, 6.45) is -5.75. The average molecular weight is 545 g/mol. The van der Waals surface area contributed by atoms with Gasteiger partial charge in [-0.1, -0.05) is 37.6 Å². The fourth-order valence-electron chi connectivity index (χ4n) is 5.54. The highest BCUT2D eigenvalue weighted by Crippen LogP contribution is 2.57. The first-order valence-electron chi connectivity index (χ1n) is 11.8. The Hall–Kier alpha value is -3.69. The molecule has 1 aromatic heterocycles. The van der Waals surface area contributed by atoms with E-state index < -0.39 is 29.7 Å². The maximum Gasteiger partial charge on any atom is 0.419 e. The lowest BCUT2D eigenvalue weighted by Crippen LogP contribution is -2.58. The molecule has 1 aliphatic rings. The Morgan fingerprint density at radius 1 is 1.00 bits per heavy atom. The van der Waals surface area contributed by atoms with E-state index in [1.807, 2.05) is 0 Å². The molecule has 5 rings (SSSR count). The third kappa shape index (κ3) is 3.97. The van der Waals surface area contributed by atoms with E-state index in [0.29, 0.717) is 16.6 Å². The lowest BCUT2D eigenvalue weighted by atomic mass is 9.63. The molecule has 38 heavy (non-hydrogen) atoms. The normalized spacial score (nSPS) is 20.8. The Balaban J connectivity index is 1.73. The fraction of sp³-hybridized carbons (Fsp3) is 0.250. The molecule has 0 radical (unpaired) electrons. The Morgan fingerprint density at radius 2 is 1.68 bits per heavy atom. The molecule has 1 heterocycles. The van der Waals surface area contributed by atoms with Gasteiger partial charge in [0.15, 0.2) is 5.60 Å². The Labute approximate surface area is 220 Å². The molecule has 4 N–H and O–H groups in total. The number of anilines is 1. The van der Waals surface area contributed by atoms with Gasteiger partial charge in [0.05, 0.1) is 16.6 Å². The number of halogens is 4. The second-order valence-corrected chi connectivity index (χ2v) is 10.6. The lowest BCUT2D eigenvalue weighted by molar-refractivity contribution is -0.275. The summed E-state index contributed by atoms with van der Waals surface area (Å²) in [5.74, 6) is -0.317. The number of fused-ring (bicyclic) bond motifs is 2. The molecule has 0 fully saturated rings. The highest BCUT2D eigenvalue weighted by atomic mass is 35.5. The molecule has 6 nitrogen and oxygen atoms in total. The summed E-state index contributed by atoms with van der Waals surface area (Å²) in [7, 11) is 0. The van der Waals surface area contributed by atoms with Gasteiger partial charge in [-0.2, -0.15) is 13.2 Å². The van der Waals surface area contributed by atoms with Crippen LogP contribution in [0.2, 0.25) is 5.02 Å². The number of rotatable bonds is 3. The molecule has 2 atom stereocenters. The third-order valence-corrected chi connectivity index (χ3v) is 7.48. The molecule has 0 spiro atoms. The predicted octanol–water partition coefficient (Wildman–Crippen LogP) is 6.18. The fourth-order valence-corrected chi connectivity index (χ4v) is 5.69. The third-order valence-electron chi connectivity index (χ3n) is 7.17. The van der Waals surface area contributed by atoms with Gasteiger partial charge in [0, 0.05) is 28.4 Å². The number of phenolic OH excluding ortho intramolecular Hbond substituents is 2. The summed E-state index contributed by atoms with van der Waals surface area (Å²) >= 11 is 6.12. The minimum atomic E-state index is -5.02. The smallest absolute Gasteiger partial charge is 0.419 e. The number of aromatic hydroxyl groups is 2. The summed E-state index contributed by atoms with van der Waals surface area (Å²) in [6, 6.07) is 14.5. The summed E-state index contributed by atoms with van der Waals surface area (Å²) in [5, 5.41) is 35.0. The first-order valence-corrected chi connectivity index (χ1v) is 12.1. The molecule has 1 aliphatic carbocycles. The first kappa shape index (κ1) is 25.9. The summed E-state index contributed by atoms with van der Waals surface area (Å²) in [6.45, 7) is 3.03. The van der Waals surface area contributed by atoms with Gasteiger partial charge in [0.2, 0.25) is 0 Å². The molecule has 10 heteroatoms. The molecule has 2 unspecified atom stereocenters. The van der Waals surface area contributed by atoms with Crippen molar-refractivity contribution in [1.29, 1.82) is 0 Å². The zero-order valence-electron chi connectivity index (χ0n) is 20.3. The van der Waals surface area contributed by atoms with Gasteiger partial charge >= 0.3 is 6.18 Å². The Kier molecular flexibility index (Phi) is 5.92. The number of nitrogens with zero attached hydrogens (tertiary/aromatic N) is 1. The van der Waals surface area contributed by atoms with Crippen molar-refractivity contribution in [2.75, 3.05) is 5.32 Å². The lowest BCUT2D eigenvalue weighted by Gasteiger charge is -2.49. The molecule has 0 aliphatic heterocycles. The topological polar surface area (TPSA) is 94.7 Å². The zero-order chi connectivity index (χ0) is 27.6. The van der Waals surface area contributed by atoms with Gasteiger partial charge in [-0.25, -0.2) is 0 Å². The second-order valence-electron chi connectivity index (χ2n) is 10.2. The van der Waals surface area contributed by atoms with Crippen LogP contribution in [0, 0.1) is 0 Å². The van der Waals surface area contributed by atoms with E-state index in [2.05, 4.69) is 5.32 Å². The van der Waals surface area contributed by atoms with Crippen molar-refractivity contribution in [1.82, 2.24) is 4.57 Å². The number of alkyl halides is 3. The molecule has 0 saturated heterocycles. The summed E-state index contributed by atoms with van der Waals surface area (Å²) in [5.41, 5.74) is -3.46. The van der Waals surface area contributed by atoms with Crippen molar-refractivity contribution < 1.29 is 28.5 Å². The van der Waals surface area contributed by atoms with Crippen LogP contribution in [0.1, 0.15) is 37.4 Å². The summed E-state index contributed by atoms with van der Waals surface area (Å²) < 4.78 is 45.0. The van der Waals surface area contributed by atoms with Crippen molar-refractivity contribution in [2.24, 2.45) is 0 Å². The van der Waals surface area contributed by atoms with Crippen LogP contribution >= 0.6 is 11.6 Å². The number of nitrogens with one attached hydrogen (secondary N) is 1.